The lowest BCUT2D eigenvalue weighted by atomic mass is 9.79. The molecule has 0 aliphatic carbocycles. The molecule has 0 unspecified atom stereocenters. The van der Waals surface area contributed by atoms with Gasteiger partial charge in [0.25, 0.3) is 0 Å². The van der Waals surface area contributed by atoms with E-state index in [1.807, 2.05) is 18.6 Å². The Kier molecular flexibility index (Phi) is 6.15. The van der Waals surface area contributed by atoms with Crippen LogP contribution in [0.2, 0.25) is 0 Å². The first-order valence-corrected chi connectivity index (χ1v) is 10.4. The van der Waals surface area contributed by atoms with E-state index in [9.17, 15) is 0 Å². The summed E-state index contributed by atoms with van der Waals surface area (Å²) in [6.45, 7) is 14.2. The number of ether oxygens (including phenoxy) is 1. The second-order valence-electron chi connectivity index (χ2n) is 9.34. The highest BCUT2D eigenvalue weighted by atomic mass is 16.5. The molecule has 3 rings (SSSR count). The van der Waals surface area contributed by atoms with Crippen LogP contribution in [0.25, 0.3) is 0 Å². The second-order valence-corrected chi connectivity index (χ2v) is 9.34. The summed E-state index contributed by atoms with van der Waals surface area (Å²) in [5, 5.41) is 3.82. The number of aromatic nitrogens is 2. The number of piperidine rings is 1. The van der Waals surface area contributed by atoms with Crippen molar-refractivity contribution in [1.29, 1.82) is 0 Å². The van der Waals surface area contributed by atoms with Gasteiger partial charge in [0.05, 0.1) is 19.1 Å². The van der Waals surface area contributed by atoms with E-state index in [0.717, 1.165) is 38.2 Å². The molecule has 1 aliphatic heterocycles. The van der Waals surface area contributed by atoms with Crippen LogP contribution in [0.3, 0.4) is 0 Å². The minimum atomic E-state index is 0.108. The Hall–Kier alpha value is -1.85. The van der Waals surface area contributed by atoms with Crippen molar-refractivity contribution in [1.82, 2.24) is 19.8 Å². The Morgan fingerprint density at radius 1 is 1.14 bits per heavy atom. The smallest absolute Gasteiger partial charge is 0.123 e. The molecule has 1 aliphatic rings. The van der Waals surface area contributed by atoms with Gasteiger partial charge in [0, 0.05) is 48.5 Å². The molecule has 1 N–H and O–H groups in total. The molecular weight excluding hydrogens is 348 g/mol. The number of rotatable bonds is 7. The molecule has 0 amide bonds. The van der Waals surface area contributed by atoms with Gasteiger partial charge in [-0.25, -0.2) is 4.98 Å². The maximum atomic E-state index is 5.64. The van der Waals surface area contributed by atoms with Gasteiger partial charge in [-0.3, -0.25) is 4.90 Å². The third kappa shape index (κ3) is 4.95. The molecule has 1 aromatic carbocycles. The van der Waals surface area contributed by atoms with Gasteiger partial charge in [-0.2, -0.15) is 0 Å². The molecule has 0 radical (unpaired) electrons. The lowest BCUT2D eigenvalue weighted by molar-refractivity contribution is 0.0545. The monoisotopic (exact) mass is 384 g/mol. The Morgan fingerprint density at radius 3 is 2.46 bits per heavy atom. The van der Waals surface area contributed by atoms with E-state index in [0.29, 0.717) is 6.04 Å². The third-order valence-electron chi connectivity index (χ3n) is 5.76. The summed E-state index contributed by atoms with van der Waals surface area (Å²) in [4.78, 5) is 7.00. The number of imidazole rings is 1. The summed E-state index contributed by atoms with van der Waals surface area (Å²) < 4.78 is 7.88. The molecule has 0 bridgehead atoms. The molecule has 0 spiro atoms. The van der Waals surface area contributed by atoms with Crippen LogP contribution < -0.4 is 10.1 Å². The summed E-state index contributed by atoms with van der Waals surface area (Å²) in [6, 6.07) is 8.86. The lowest BCUT2D eigenvalue weighted by Crippen LogP contribution is -2.62. The van der Waals surface area contributed by atoms with E-state index in [-0.39, 0.29) is 11.1 Å². The van der Waals surface area contributed by atoms with Gasteiger partial charge in [-0.05, 0) is 53.5 Å². The fourth-order valence-electron chi connectivity index (χ4n) is 4.87. The SMILES string of the molecule is CCn1cncc1CN(Cc1ccccc1OC)C1CC(C)(C)NC(C)(C)C1. The number of para-hydroxylation sites is 1. The highest BCUT2D eigenvalue weighted by molar-refractivity contribution is 5.33. The van der Waals surface area contributed by atoms with Crippen molar-refractivity contribution < 1.29 is 4.74 Å². The Balaban J connectivity index is 1.92. The van der Waals surface area contributed by atoms with Gasteiger partial charge in [0.1, 0.15) is 5.75 Å². The first-order valence-electron chi connectivity index (χ1n) is 10.4. The van der Waals surface area contributed by atoms with Gasteiger partial charge >= 0.3 is 0 Å². The number of hydrogen-bond donors (Lipinski definition) is 1. The number of nitrogens with one attached hydrogen (secondary N) is 1. The fraction of sp³-hybridized carbons (Fsp3) is 0.609. The highest BCUT2D eigenvalue weighted by Crippen LogP contribution is 2.34. The maximum Gasteiger partial charge on any atom is 0.123 e. The van der Waals surface area contributed by atoms with E-state index < -0.39 is 0 Å². The van der Waals surface area contributed by atoms with E-state index in [1.54, 1.807) is 7.11 Å². The van der Waals surface area contributed by atoms with Gasteiger partial charge in [-0.1, -0.05) is 18.2 Å². The molecule has 1 aromatic heterocycles. The zero-order valence-corrected chi connectivity index (χ0v) is 18.3. The number of hydrogen-bond acceptors (Lipinski definition) is 4. The Bertz CT molecular complexity index is 764. The fourth-order valence-corrected chi connectivity index (χ4v) is 4.87. The van der Waals surface area contributed by atoms with Gasteiger partial charge in [0.2, 0.25) is 0 Å². The van der Waals surface area contributed by atoms with E-state index in [2.05, 4.69) is 72.6 Å². The first-order chi connectivity index (χ1) is 13.2. The zero-order valence-electron chi connectivity index (χ0n) is 18.3. The molecule has 1 saturated heterocycles. The molecule has 5 heteroatoms. The second kappa shape index (κ2) is 8.26. The summed E-state index contributed by atoms with van der Waals surface area (Å²) >= 11 is 0. The van der Waals surface area contributed by atoms with Crippen molar-refractivity contribution in [3.05, 3.63) is 48.0 Å². The third-order valence-corrected chi connectivity index (χ3v) is 5.76. The van der Waals surface area contributed by atoms with E-state index >= 15 is 0 Å². The van der Waals surface area contributed by atoms with E-state index in [1.165, 1.54) is 11.3 Å². The summed E-state index contributed by atoms with van der Waals surface area (Å²) in [5.41, 5.74) is 2.72. The summed E-state index contributed by atoms with van der Waals surface area (Å²) in [7, 11) is 1.76. The maximum absolute atomic E-state index is 5.64. The lowest BCUT2D eigenvalue weighted by Gasteiger charge is -2.49. The van der Waals surface area contributed by atoms with Crippen LogP contribution >= 0.6 is 0 Å². The number of nitrogens with zero attached hydrogens (tertiary/aromatic N) is 3. The summed E-state index contributed by atoms with van der Waals surface area (Å²) in [5.74, 6) is 0.962. The van der Waals surface area contributed by atoms with E-state index in [4.69, 9.17) is 4.74 Å². The van der Waals surface area contributed by atoms with Crippen molar-refractivity contribution in [2.24, 2.45) is 0 Å². The van der Waals surface area contributed by atoms with Crippen molar-refractivity contribution >= 4 is 0 Å². The Labute approximate surface area is 170 Å². The predicted molar refractivity (Wildman–Crippen MR) is 114 cm³/mol. The molecule has 2 heterocycles. The van der Waals surface area contributed by atoms with Crippen LogP contribution in [-0.4, -0.2) is 38.7 Å². The first kappa shape index (κ1) is 20.9. The molecule has 0 atom stereocenters. The molecule has 1 fully saturated rings. The van der Waals surface area contributed by atoms with Crippen molar-refractivity contribution in [3.8, 4) is 5.75 Å². The average Bonchev–Trinajstić information content (AvgIpc) is 3.06. The molecule has 154 valence electrons. The molecular formula is C23H36N4O. The van der Waals surface area contributed by atoms with Crippen molar-refractivity contribution in [2.45, 2.75) is 84.2 Å². The number of aryl methyl sites for hydroxylation is 1. The summed E-state index contributed by atoms with van der Waals surface area (Å²) in [6.07, 6.45) is 6.18. The van der Waals surface area contributed by atoms with Gasteiger partial charge < -0.3 is 14.6 Å². The molecule has 28 heavy (non-hydrogen) atoms. The van der Waals surface area contributed by atoms with Crippen LogP contribution in [0.5, 0.6) is 5.75 Å². The minimum Gasteiger partial charge on any atom is -0.496 e. The van der Waals surface area contributed by atoms with Gasteiger partial charge in [-0.15, -0.1) is 0 Å². The molecule has 2 aromatic rings. The topological polar surface area (TPSA) is 42.3 Å². The molecule has 5 nitrogen and oxygen atoms in total. The van der Waals surface area contributed by atoms with Crippen LogP contribution in [-0.2, 0) is 19.6 Å². The standard InChI is InChI=1S/C23H36N4O/c1-7-26-17-24-14-20(26)16-27(15-18-10-8-9-11-21(18)28-6)19-12-22(2,3)25-23(4,5)13-19/h8-11,14,17,19,25H,7,12-13,15-16H2,1-6H3. The number of methoxy groups -OCH3 is 1. The Morgan fingerprint density at radius 2 is 1.82 bits per heavy atom. The van der Waals surface area contributed by atoms with Crippen molar-refractivity contribution in [2.75, 3.05) is 7.11 Å². The molecule has 0 saturated carbocycles. The predicted octanol–water partition coefficient (Wildman–Crippen LogP) is 4.22. The minimum absolute atomic E-state index is 0.108. The van der Waals surface area contributed by atoms with Crippen LogP contribution in [0.4, 0.5) is 0 Å². The number of benzene rings is 1. The highest BCUT2D eigenvalue weighted by Gasteiger charge is 2.40. The van der Waals surface area contributed by atoms with Crippen molar-refractivity contribution in [3.63, 3.8) is 0 Å². The van der Waals surface area contributed by atoms with Crippen LogP contribution in [0.1, 0.15) is 58.7 Å². The quantitative estimate of drug-likeness (QED) is 0.776. The van der Waals surface area contributed by atoms with Crippen LogP contribution in [0, 0.1) is 0 Å². The van der Waals surface area contributed by atoms with Crippen LogP contribution in [0.15, 0.2) is 36.8 Å². The largest absolute Gasteiger partial charge is 0.496 e. The van der Waals surface area contributed by atoms with Gasteiger partial charge in [0.15, 0.2) is 0 Å². The normalized spacial score (nSPS) is 19.1. The average molecular weight is 385 g/mol. The zero-order chi connectivity index (χ0) is 20.4.